The van der Waals surface area contributed by atoms with Crippen molar-refractivity contribution in [1.82, 2.24) is 0 Å². The highest BCUT2D eigenvalue weighted by Gasteiger charge is 2.38. The third-order valence-corrected chi connectivity index (χ3v) is 3.25. The van der Waals surface area contributed by atoms with Crippen LogP contribution in [0.15, 0.2) is 42.5 Å². The molecule has 0 atom stereocenters. The van der Waals surface area contributed by atoms with Gasteiger partial charge < -0.3 is 4.74 Å². The maximum atomic E-state index is 13.3. The number of imide groups is 1. The minimum Gasteiger partial charge on any atom is -0.492 e. The van der Waals surface area contributed by atoms with Crippen LogP contribution in [-0.2, 0) is 0 Å². The Balaban J connectivity index is 2.10. The fourth-order valence-corrected chi connectivity index (χ4v) is 2.35. The molecule has 0 saturated carbocycles. The van der Waals surface area contributed by atoms with Gasteiger partial charge in [-0.05, 0) is 37.3 Å². The molecule has 0 fully saturated rings. The molecule has 2 aromatic rings. The third kappa shape index (κ3) is 2.07. The van der Waals surface area contributed by atoms with Gasteiger partial charge in [0.2, 0.25) is 0 Å². The molecule has 106 valence electrons. The van der Waals surface area contributed by atoms with E-state index in [4.69, 9.17) is 4.74 Å². The van der Waals surface area contributed by atoms with Crippen molar-refractivity contribution in [2.45, 2.75) is 6.92 Å². The van der Waals surface area contributed by atoms with Crippen LogP contribution in [0.5, 0.6) is 5.75 Å². The van der Waals surface area contributed by atoms with E-state index in [0.717, 1.165) is 11.0 Å². The number of amides is 2. The molecule has 1 heterocycles. The first-order valence-electron chi connectivity index (χ1n) is 6.53. The Morgan fingerprint density at radius 1 is 1.05 bits per heavy atom. The Kier molecular flexibility index (Phi) is 3.17. The lowest BCUT2D eigenvalue weighted by molar-refractivity contribution is 0.0924. The molecule has 2 amide bonds. The van der Waals surface area contributed by atoms with Crippen molar-refractivity contribution in [3.63, 3.8) is 0 Å². The molecule has 2 aromatic carbocycles. The van der Waals surface area contributed by atoms with Crippen LogP contribution in [0.25, 0.3) is 0 Å². The van der Waals surface area contributed by atoms with Crippen LogP contribution in [0.4, 0.5) is 10.1 Å². The normalized spacial score (nSPS) is 13.5. The Morgan fingerprint density at radius 2 is 1.76 bits per heavy atom. The lowest BCUT2D eigenvalue weighted by atomic mass is 10.1. The number of anilines is 1. The number of para-hydroxylation sites is 2. The van der Waals surface area contributed by atoms with Crippen LogP contribution in [-0.4, -0.2) is 18.4 Å². The summed E-state index contributed by atoms with van der Waals surface area (Å²) in [5, 5.41) is 0. The molecule has 0 radical (unpaired) electrons. The Bertz CT molecular complexity index is 742. The van der Waals surface area contributed by atoms with Gasteiger partial charge in [0, 0.05) is 0 Å². The van der Waals surface area contributed by atoms with E-state index in [2.05, 4.69) is 0 Å². The predicted octanol–water partition coefficient (Wildman–Crippen LogP) is 3.03. The van der Waals surface area contributed by atoms with Crippen molar-refractivity contribution in [3.8, 4) is 5.75 Å². The molecule has 0 saturated heterocycles. The van der Waals surface area contributed by atoms with Crippen LogP contribution < -0.4 is 9.64 Å². The van der Waals surface area contributed by atoms with Gasteiger partial charge >= 0.3 is 0 Å². The quantitative estimate of drug-likeness (QED) is 0.814. The fourth-order valence-electron chi connectivity index (χ4n) is 2.35. The molecule has 0 aromatic heterocycles. The smallest absolute Gasteiger partial charge is 0.266 e. The van der Waals surface area contributed by atoms with E-state index < -0.39 is 17.6 Å². The van der Waals surface area contributed by atoms with E-state index in [9.17, 15) is 14.0 Å². The summed E-state index contributed by atoms with van der Waals surface area (Å²) in [5.41, 5.74) is 0.643. The van der Waals surface area contributed by atoms with E-state index in [-0.39, 0.29) is 11.1 Å². The van der Waals surface area contributed by atoms with E-state index in [1.54, 1.807) is 24.3 Å². The molecular formula is C16H12FNO3. The highest BCUT2D eigenvalue weighted by molar-refractivity contribution is 6.34. The van der Waals surface area contributed by atoms with Crippen molar-refractivity contribution in [1.29, 1.82) is 0 Å². The summed E-state index contributed by atoms with van der Waals surface area (Å²) in [5.74, 6) is -1.12. The van der Waals surface area contributed by atoms with Crippen LogP contribution >= 0.6 is 0 Å². The van der Waals surface area contributed by atoms with Gasteiger partial charge in [0.15, 0.2) is 0 Å². The molecule has 3 rings (SSSR count). The molecule has 1 aliphatic heterocycles. The van der Waals surface area contributed by atoms with Crippen LogP contribution in [0.1, 0.15) is 27.6 Å². The average molecular weight is 285 g/mol. The lowest BCUT2D eigenvalue weighted by Gasteiger charge is -2.17. The van der Waals surface area contributed by atoms with Crippen LogP contribution in [0, 0.1) is 5.82 Å². The van der Waals surface area contributed by atoms with Gasteiger partial charge in [0.1, 0.15) is 11.6 Å². The molecule has 0 aliphatic carbocycles. The molecule has 1 aliphatic rings. The minimum atomic E-state index is -0.546. The molecular weight excluding hydrogens is 273 g/mol. The molecule has 0 bridgehead atoms. The van der Waals surface area contributed by atoms with Gasteiger partial charge in [0.25, 0.3) is 11.8 Å². The Morgan fingerprint density at radius 3 is 2.52 bits per heavy atom. The van der Waals surface area contributed by atoms with Crippen molar-refractivity contribution >= 4 is 17.5 Å². The number of rotatable bonds is 3. The van der Waals surface area contributed by atoms with Gasteiger partial charge in [-0.15, -0.1) is 0 Å². The maximum Gasteiger partial charge on any atom is 0.266 e. The second kappa shape index (κ2) is 5.01. The topological polar surface area (TPSA) is 46.6 Å². The summed E-state index contributed by atoms with van der Waals surface area (Å²) in [6, 6.07) is 10.4. The fraction of sp³-hybridized carbons (Fsp3) is 0.125. The Labute approximate surface area is 120 Å². The number of hydrogen-bond acceptors (Lipinski definition) is 3. The van der Waals surface area contributed by atoms with Gasteiger partial charge in [-0.2, -0.15) is 0 Å². The zero-order valence-corrected chi connectivity index (χ0v) is 11.3. The number of carbonyl (C=O) groups is 2. The molecule has 0 unspecified atom stereocenters. The molecule has 0 spiro atoms. The molecule has 21 heavy (non-hydrogen) atoms. The first-order chi connectivity index (χ1) is 10.1. The third-order valence-electron chi connectivity index (χ3n) is 3.25. The SMILES string of the molecule is CCOc1ccccc1N1C(=O)c2ccc(F)cc2C1=O. The summed E-state index contributed by atoms with van der Waals surface area (Å²) in [7, 11) is 0. The zero-order valence-electron chi connectivity index (χ0n) is 11.3. The number of ether oxygens (including phenoxy) is 1. The number of nitrogens with zero attached hydrogens (tertiary/aromatic N) is 1. The highest BCUT2D eigenvalue weighted by atomic mass is 19.1. The second-order valence-corrected chi connectivity index (χ2v) is 4.54. The number of fused-ring (bicyclic) bond motifs is 1. The summed E-state index contributed by atoms with van der Waals surface area (Å²) in [6.07, 6.45) is 0. The summed E-state index contributed by atoms with van der Waals surface area (Å²) < 4.78 is 18.7. The average Bonchev–Trinajstić information content (AvgIpc) is 2.72. The number of benzene rings is 2. The number of carbonyl (C=O) groups excluding carboxylic acids is 2. The van der Waals surface area contributed by atoms with Crippen molar-refractivity contribution in [3.05, 3.63) is 59.4 Å². The van der Waals surface area contributed by atoms with E-state index in [0.29, 0.717) is 18.0 Å². The Hall–Kier alpha value is -2.69. The van der Waals surface area contributed by atoms with E-state index in [1.807, 2.05) is 6.92 Å². The number of halogens is 1. The van der Waals surface area contributed by atoms with Crippen molar-refractivity contribution in [2.24, 2.45) is 0 Å². The van der Waals surface area contributed by atoms with Crippen LogP contribution in [0.2, 0.25) is 0 Å². The lowest BCUT2D eigenvalue weighted by Crippen LogP contribution is -2.29. The highest BCUT2D eigenvalue weighted by Crippen LogP contribution is 2.34. The van der Waals surface area contributed by atoms with Crippen molar-refractivity contribution < 1.29 is 18.7 Å². The number of hydrogen-bond donors (Lipinski definition) is 0. The second-order valence-electron chi connectivity index (χ2n) is 4.54. The summed E-state index contributed by atoms with van der Waals surface area (Å²) in [6.45, 7) is 2.23. The first-order valence-corrected chi connectivity index (χ1v) is 6.53. The monoisotopic (exact) mass is 285 g/mol. The van der Waals surface area contributed by atoms with E-state index >= 15 is 0 Å². The maximum absolute atomic E-state index is 13.3. The standard InChI is InChI=1S/C16H12FNO3/c1-2-21-14-6-4-3-5-13(14)18-15(19)11-8-7-10(17)9-12(11)16(18)20/h3-9H,2H2,1H3. The van der Waals surface area contributed by atoms with E-state index in [1.165, 1.54) is 12.1 Å². The predicted molar refractivity (Wildman–Crippen MR) is 75.2 cm³/mol. The van der Waals surface area contributed by atoms with Gasteiger partial charge in [0.05, 0.1) is 23.4 Å². The molecule has 4 nitrogen and oxygen atoms in total. The molecule has 0 N–H and O–H groups in total. The zero-order chi connectivity index (χ0) is 15.0. The van der Waals surface area contributed by atoms with Gasteiger partial charge in [-0.1, -0.05) is 12.1 Å². The largest absolute Gasteiger partial charge is 0.492 e. The van der Waals surface area contributed by atoms with Gasteiger partial charge in [-0.3, -0.25) is 9.59 Å². The first kappa shape index (κ1) is 13.3. The summed E-state index contributed by atoms with van der Waals surface area (Å²) >= 11 is 0. The van der Waals surface area contributed by atoms with Crippen molar-refractivity contribution in [2.75, 3.05) is 11.5 Å². The summed E-state index contributed by atoms with van der Waals surface area (Å²) in [4.78, 5) is 25.8. The minimum absolute atomic E-state index is 0.0753. The van der Waals surface area contributed by atoms with Crippen LogP contribution in [0.3, 0.4) is 0 Å². The van der Waals surface area contributed by atoms with Gasteiger partial charge in [-0.25, -0.2) is 9.29 Å². The molecule has 5 heteroatoms.